The van der Waals surface area contributed by atoms with Gasteiger partial charge in [0.15, 0.2) is 5.65 Å². The Morgan fingerprint density at radius 2 is 2.38 bits per heavy atom. The van der Waals surface area contributed by atoms with Gasteiger partial charge < -0.3 is 19.8 Å². The molecule has 2 aromatic rings. The number of fused-ring (bicyclic) bond motifs is 1. The molecule has 7 nitrogen and oxygen atoms in total. The van der Waals surface area contributed by atoms with E-state index < -0.39 is 0 Å². The zero-order valence-corrected chi connectivity index (χ0v) is 12.4. The first-order valence-corrected chi connectivity index (χ1v) is 7.02. The molecule has 114 valence electrons. The van der Waals surface area contributed by atoms with Gasteiger partial charge in [0.1, 0.15) is 6.23 Å². The molecule has 0 radical (unpaired) electrons. The molecule has 0 amide bonds. The highest BCUT2D eigenvalue weighted by Gasteiger charge is 2.34. The van der Waals surface area contributed by atoms with Crippen LogP contribution in [0, 0.1) is 12.8 Å². The number of ether oxygens (including phenoxy) is 2. The number of aromatic nitrogens is 3. The number of nitrogen functional groups attached to an aromatic ring is 1. The Balaban J connectivity index is 2.04. The molecule has 0 bridgehead atoms. The van der Waals surface area contributed by atoms with Gasteiger partial charge in [-0.1, -0.05) is 6.92 Å². The number of hydrogen-bond acceptors (Lipinski definition) is 5. The average Bonchev–Trinajstić information content (AvgIpc) is 2.92. The van der Waals surface area contributed by atoms with Crippen LogP contribution in [0.15, 0.2) is 11.0 Å². The lowest BCUT2D eigenvalue weighted by atomic mass is 10.0. The molecular formula is C14H20N4O3. The fourth-order valence-corrected chi connectivity index (χ4v) is 2.98. The van der Waals surface area contributed by atoms with Gasteiger partial charge in [-0.2, -0.15) is 4.98 Å². The second kappa shape index (κ2) is 5.16. The van der Waals surface area contributed by atoms with Gasteiger partial charge in [0.25, 0.3) is 5.56 Å². The molecule has 3 N–H and O–H groups in total. The first-order chi connectivity index (χ1) is 10.0. The summed E-state index contributed by atoms with van der Waals surface area (Å²) in [6.07, 6.45) is 2.66. The number of methoxy groups -OCH3 is 1. The van der Waals surface area contributed by atoms with E-state index in [2.05, 4.69) is 16.9 Å². The third-order valence-corrected chi connectivity index (χ3v) is 4.07. The molecule has 21 heavy (non-hydrogen) atoms. The van der Waals surface area contributed by atoms with E-state index in [4.69, 9.17) is 15.2 Å². The van der Waals surface area contributed by atoms with Gasteiger partial charge in [0.05, 0.1) is 18.1 Å². The van der Waals surface area contributed by atoms with Crippen molar-refractivity contribution >= 4 is 17.0 Å². The SMILES string of the molecule is COC[C@H]1O[C@@H](n2cc(C)c3c(=O)[nH]c(N)nc32)CC1C. The van der Waals surface area contributed by atoms with Gasteiger partial charge in [-0.15, -0.1) is 0 Å². The van der Waals surface area contributed by atoms with Crippen molar-refractivity contribution in [1.82, 2.24) is 14.5 Å². The smallest absolute Gasteiger partial charge is 0.262 e. The third kappa shape index (κ3) is 2.32. The first kappa shape index (κ1) is 14.1. The zero-order chi connectivity index (χ0) is 15.1. The fraction of sp³-hybridized carbons (Fsp3) is 0.571. The minimum atomic E-state index is -0.215. The number of nitrogens with two attached hydrogens (primary N) is 1. The van der Waals surface area contributed by atoms with Crippen molar-refractivity contribution < 1.29 is 9.47 Å². The minimum Gasteiger partial charge on any atom is -0.382 e. The van der Waals surface area contributed by atoms with Gasteiger partial charge in [-0.25, -0.2) is 0 Å². The van der Waals surface area contributed by atoms with Crippen LogP contribution in [0.5, 0.6) is 0 Å². The maximum atomic E-state index is 12.0. The number of aryl methyl sites for hydroxylation is 1. The standard InChI is InChI=1S/C14H20N4O3/c1-7-4-10(21-9(7)6-20-3)18-5-8(2)11-12(18)16-14(15)17-13(11)19/h5,7,9-10H,4,6H2,1-3H3,(H3,15,16,17,19)/t7?,9-,10-/m1/s1. The summed E-state index contributed by atoms with van der Waals surface area (Å²) in [5.41, 5.74) is 6.89. The molecule has 1 aliphatic rings. The van der Waals surface area contributed by atoms with Crippen molar-refractivity contribution in [3.63, 3.8) is 0 Å². The molecule has 0 spiro atoms. The predicted molar refractivity (Wildman–Crippen MR) is 79.1 cm³/mol. The Morgan fingerprint density at radius 1 is 1.62 bits per heavy atom. The van der Waals surface area contributed by atoms with Crippen LogP contribution in [0.2, 0.25) is 0 Å². The van der Waals surface area contributed by atoms with E-state index in [1.165, 1.54) is 0 Å². The molecule has 1 saturated heterocycles. The largest absolute Gasteiger partial charge is 0.382 e. The predicted octanol–water partition coefficient (Wildman–Crippen LogP) is 1.19. The maximum absolute atomic E-state index is 12.0. The fourth-order valence-electron chi connectivity index (χ4n) is 2.98. The summed E-state index contributed by atoms with van der Waals surface area (Å²) in [5.74, 6) is 0.499. The minimum absolute atomic E-state index is 0.0529. The Hall–Kier alpha value is -1.86. The second-order valence-electron chi connectivity index (χ2n) is 5.67. The summed E-state index contributed by atoms with van der Waals surface area (Å²) in [4.78, 5) is 18.8. The Bertz CT molecular complexity index is 721. The monoisotopic (exact) mass is 292 g/mol. The molecule has 3 atom stereocenters. The van der Waals surface area contributed by atoms with Crippen molar-refractivity contribution in [2.45, 2.75) is 32.6 Å². The molecule has 2 aromatic heterocycles. The lowest BCUT2D eigenvalue weighted by Crippen LogP contribution is -2.20. The summed E-state index contributed by atoms with van der Waals surface area (Å²) in [6.45, 7) is 4.58. The van der Waals surface area contributed by atoms with Gasteiger partial charge >= 0.3 is 0 Å². The molecule has 0 saturated carbocycles. The molecular weight excluding hydrogens is 272 g/mol. The summed E-state index contributed by atoms with van der Waals surface area (Å²) in [7, 11) is 1.67. The molecule has 1 fully saturated rings. The number of rotatable bonds is 3. The second-order valence-corrected chi connectivity index (χ2v) is 5.67. The summed E-state index contributed by atoms with van der Waals surface area (Å²) < 4.78 is 13.1. The van der Waals surface area contributed by atoms with E-state index in [0.29, 0.717) is 23.6 Å². The highest BCUT2D eigenvalue weighted by Crippen LogP contribution is 2.35. The van der Waals surface area contributed by atoms with E-state index in [-0.39, 0.29) is 23.8 Å². The number of nitrogens with zero attached hydrogens (tertiary/aromatic N) is 2. The number of anilines is 1. The topological polar surface area (TPSA) is 95.2 Å². The molecule has 0 aliphatic carbocycles. The van der Waals surface area contributed by atoms with Gasteiger partial charge in [-0.05, 0) is 24.8 Å². The van der Waals surface area contributed by atoms with Crippen LogP contribution in [0.1, 0.15) is 25.1 Å². The highest BCUT2D eigenvalue weighted by atomic mass is 16.5. The number of aromatic amines is 1. The van der Waals surface area contributed by atoms with Crippen molar-refractivity contribution in [2.24, 2.45) is 5.92 Å². The Kier molecular flexibility index (Phi) is 3.46. The van der Waals surface area contributed by atoms with Crippen molar-refractivity contribution in [2.75, 3.05) is 19.5 Å². The van der Waals surface area contributed by atoms with Gasteiger partial charge in [0.2, 0.25) is 5.95 Å². The van der Waals surface area contributed by atoms with Gasteiger partial charge in [0, 0.05) is 13.3 Å². The van der Waals surface area contributed by atoms with Crippen LogP contribution in [-0.2, 0) is 9.47 Å². The van der Waals surface area contributed by atoms with Crippen molar-refractivity contribution in [3.05, 3.63) is 22.1 Å². The van der Waals surface area contributed by atoms with Crippen LogP contribution in [0.4, 0.5) is 5.95 Å². The van der Waals surface area contributed by atoms with Crippen LogP contribution >= 0.6 is 0 Å². The van der Waals surface area contributed by atoms with Crippen molar-refractivity contribution in [3.8, 4) is 0 Å². The van der Waals surface area contributed by atoms with E-state index in [0.717, 1.165) is 12.0 Å². The van der Waals surface area contributed by atoms with Crippen LogP contribution in [-0.4, -0.2) is 34.4 Å². The number of H-pyrrole nitrogens is 1. The van der Waals surface area contributed by atoms with E-state index in [9.17, 15) is 4.79 Å². The molecule has 7 heteroatoms. The molecule has 1 unspecified atom stereocenters. The molecule has 0 aromatic carbocycles. The van der Waals surface area contributed by atoms with E-state index in [1.807, 2.05) is 17.7 Å². The quantitative estimate of drug-likeness (QED) is 0.886. The zero-order valence-electron chi connectivity index (χ0n) is 12.4. The third-order valence-electron chi connectivity index (χ3n) is 4.07. The highest BCUT2D eigenvalue weighted by molar-refractivity contribution is 5.80. The van der Waals surface area contributed by atoms with E-state index in [1.54, 1.807) is 7.11 Å². The summed E-state index contributed by atoms with van der Waals surface area (Å²) in [6, 6.07) is 0. The Labute approximate surface area is 122 Å². The molecule has 1 aliphatic heterocycles. The normalized spacial score (nSPS) is 25.8. The lowest BCUT2D eigenvalue weighted by molar-refractivity contribution is -0.0370. The van der Waals surface area contributed by atoms with Crippen LogP contribution in [0.25, 0.3) is 11.0 Å². The lowest BCUT2D eigenvalue weighted by Gasteiger charge is -2.15. The molecule has 3 rings (SSSR count). The Morgan fingerprint density at radius 3 is 3.10 bits per heavy atom. The summed E-state index contributed by atoms with van der Waals surface area (Å²) in [5, 5.41) is 0.565. The first-order valence-electron chi connectivity index (χ1n) is 7.02. The maximum Gasteiger partial charge on any atom is 0.262 e. The van der Waals surface area contributed by atoms with Crippen LogP contribution in [0.3, 0.4) is 0 Å². The number of hydrogen-bond donors (Lipinski definition) is 2. The van der Waals surface area contributed by atoms with E-state index >= 15 is 0 Å². The number of nitrogens with one attached hydrogen (secondary N) is 1. The van der Waals surface area contributed by atoms with Crippen molar-refractivity contribution in [1.29, 1.82) is 0 Å². The average molecular weight is 292 g/mol. The van der Waals surface area contributed by atoms with Gasteiger partial charge in [-0.3, -0.25) is 9.78 Å². The van der Waals surface area contributed by atoms with Crippen LogP contribution < -0.4 is 11.3 Å². The molecule has 3 heterocycles. The summed E-state index contributed by atoms with van der Waals surface area (Å²) >= 11 is 0.